The number of ether oxygens (including phenoxy) is 1. The summed E-state index contributed by atoms with van der Waals surface area (Å²) >= 11 is 0. The second-order valence-electron chi connectivity index (χ2n) is 7.34. The van der Waals surface area contributed by atoms with Crippen molar-refractivity contribution in [1.29, 1.82) is 0 Å². The molecule has 0 aliphatic carbocycles. The van der Waals surface area contributed by atoms with Crippen LogP contribution in [-0.2, 0) is 10.2 Å². The van der Waals surface area contributed by atoms with Gasteiger partial charge in [-0.1, -0.05) is 52.0 Å². The fraction of sp³-hybridized carbons (Fsp3) is 0.684. The van der Waals surface area contributed by atoms with Gasteiger partial charge in [0.15, 0.2) is 0 Å². The molecular formula is C19H31NO. The molecule has 2 heteroatoms. The molecule has 1 heterocycles. The van der Waals surface area contributed by atoms with Gasteiger partial charge in [0, 0.05) is 19.3 Å². The van der Waals surface area contributed by atoms with E-state index < -0.39 is 0 Å². The van der Waals surface area contributed by atoms with Crippen molar-refractivity contribution >= 4 is 0 Å². The average molecular weight is 289 g/mol. The molecule has 0 spiro atoms. The zero-order valence-electron chi connectivity index (χ0n) is 14.1. The third-order valence-corrected chi connectivity index (χ3v) is 4.41. The van der Waals surface area contributed by atoms with Crippen LogP contribution in [-0.4, -0.2) is 19.8 Å². The Morgan fingerprint density at radius 3 is 2.48 bits per heavy atom. The van der Waals surface area contributed by atoms with Crippen molar-refractivity contribution in [3.63, 3.8) is 0 Å². The summed E-state index contributed by atoms with van der Waals surface area (Å²) in [5.41, 5.74) is 3.05. The van der Waals surface area contributed by atoms with Crippen LogP contribution in [0.5, 0.6) is 0 Å². The van der Waals surface area contributed by atoms with E-state index in [4.69, 9.17) is 4.74 Å². The molecule has 0 radical (unpaired) electrons. The highest BCUT2D eigenvalue weighted by molar-refractivity contribution is 5.29. The van der Waals surface area contributed by atoms with Crippen molar-refractivity contribution in [1.82, 2.24) is 5.32 Å². The van der Waals surface area contributed by atoms with Gasteiger partial charge in [-0.2, -0.15) is 0 Å². The van der Waals surface area contributed by atoms with Crippen LogP contribution in [0.1, 0.15) is 64.1 Å². The van der Waals surface area contributed by atoms with E-state index in [0.29, 0.717) is 12.0 Å². The molecule has 1 aromatic carbocycles. The second-order valence-corrected chi connectivity index (χ2v) is 7.34. The lowest BCUT2D eigenvalue weighted by molar-refractivity contribution is 0.181. The molecule has 1 fully saturated rings. The molecule has 21 heavy (non-hydrogen) atoms. The van der Waals surface area contributed by atoms with E-state index >= 15 is 0 Å². The molecule has 2 unspecified atom stereocenters. The molecular weight excluding hydrogens is 258 g/mol. The van der Waals surface area contributed by atoms with Gasteiger partial charge in [-0.3, -0.25) is 0 Å². The van der Waals surface area contributed by atoms with Gasteiger partial charge in [0.2, 0.25) is 0 Å². The summed E-state index contributed by atoms with van der Waals surface area (Å²) in [6.45, 7) is 12.0. The highest BCUT2D eigenvalue weighted by Crippen LogP contribution is 2.29. The van der Waals surface area contributed by atoms with Crippen LogP contribution in [0, 0.1) is 5.92 Å². The van der Waals surface area contributed by atoms with Crippen molar-refractivity contribution in [2.24, 2.45) is 5.92 Å². The fourth-order valence-corrected chi connectivity index (χ4v) is 2.97. The molecule has 2 nitrogen and oxygen atoms in total. The Labute approximate surface area is 130 Å². The summed E-state index contributed by atoms with van der Waals surface area (Å²) in [4.78, 5) is 0. The zero-order chi connectivity index (χ0) is 15.3. The summed E-state index contributed by atoms with van der Waals surface area (Å²) < 4.78 is 5.53. The van der Waals surface area contributed by atoms with Gasteiger partial charge >= 0.3 is 0 Å². The standard InChI is InChI=1S/C19H31NO/c1-5-11-20-18(13-15-10-12-21-14-15)16-6-8-17(9-7-16)19(2,3)4/h6-9,15,18,20H,5,10-14H2,1-4H3. The van der Waals surface area contributed by atoms with Crippen molar-refractivity contribution in [3.05, 3.63) is 35.4 Å². The predicted octanol–water partition coefficient (Wildman–Crippen LogP) is 4.45. The molecule has 1 N–H and O–H groups in total. The van der Waals surface area contributed by atoms with Gasteiger partial charge in [-0.25, -0.2) is 0 Å². The Morgan fingerprint density at radius 2 is 1.95 bits per heavy atom. The van der Waals surface area contributed by atoms with E-state index in [-0.39, 0.29) is 5.41 Å². The normalized spacial score (nSPS) is 20.7. The average Bonchev–Trinajstić information content (AvgIpc) is 2.95. The van der Waals surface area contributed by atoms with E-state index in [2.05, 4.69) is 57.3 Å². The minimum Gasteiger partial charge on any atom is -0.381 e. The van der Waals surface area contributed by atoms with Gasteiger partial charge in [0.25, 0.3) is 0 Å². The van der Waals surface area contributed by atoms with Crippen LogP contribution < -0.4 is 5.32 Å². The lowest BCUT2D eigenvalue weighted by Crippen LogP contribution is -2.25. The third-order valence-electron chi connectivity index (χ3n) is 4.41. The molecule has 118 valence electrons. The van der Waals surface area contributed by atoms with E-state index in [1.807, 2.05) is 0 Å². The Balaban J connectivity index is 2.07. The quantitative estimate of drug-likeness (QED) is 0.835. The van der Waals surface area contributed by atoms with Crippen LogP contribution in [0.25, 0.3) is 0 Å². The third kappa shape index (κ3) is 4.82. The van der Waals surface area contributed by atoms with Crippen molar-refractivity contribution in [2.45, 2.75) is 58.4 Å². The first-order chi connectivity index (χ1) is 10.0. The van der Waals surface area contributed by atoms with Crippen LogP contribution in [0.2, 0.25) is 0 Å². The summed E-state index contributed by atoms with van der Waals surface area (Å²) in [6.07, 6.45) is 3.58. The summed E-state index contributed by atoms with van der Waals surface area (Å²) in [6, 6.07) is 9.67. The minimum absolute atomic E-state index is 0.226. The largest absolute Gasteiger partial charge is 0.381 e. The molecule has 2 atom stereocenters. The molecule has 0 saturated carbocycles. The van der Waals surface area contributed by atoms with Crippen LogP contribution >= 0.6 is 0 Å². The molecule has 0 amide bonds. The molecule has 0 bridgehead atoms. The minimum atomic E-state index is 0.226. The van der Waals surface area contributed by atoms with Crippen molar-refractivity contribution in [2.75, 3.05) is 19.8 Å². The molecule has 1 aliphatic heterocycles. The highest BCUT2D eigenvalue weighted by Gasteiger charge is 2.22. The zero-order valence-corrected chi connectivity index (χ0v) is 14.1. The summed E-state index contributed by atoms with van der Waals surface area (Å²) in [7, 11) is 0. The van der Waals surface area contributed by atoms with Crippen LogP contribution in [0.4, 0.5) is 0 Å². The van der Waals surface area contributed by atoms with Gasteiger partial charge in [-0.15, -0.1) is 0 Å². The lowest BCUT2D eigenvalue weighted by Gasteiger charge is -2.24. The van der Waals surface area contributed by atoms with Gasteiger partial charge in [-0.05, 0) is 48.3 Å². The number of rotatable bonds is 6. The number of hydrogen-bond donors (Lipinski definition) is 1. The molecule has 2 rings (SSSR count). The second kappa shape index (κ2) is 7.42. The monoisotopic (exact) mass is 289 g/mol. The van der Waals surface area contributed by atoms with Gasteiger partial charge < -0.3 is 10.1 Å². The molecule has 1 aromatic rings. The SMILES string of the molecule is CCCNC(CC1CCOC1)c1ccc(C(C)(C)C)cc1. The van der Waals surface area contributed by atoms with Crippen LogP contribution in [0.15, 0.2) is 24.3 Å². The maximum atomic E-state index is 5.53. The van der Waals surface area contributed by atoms with Crippen molar-refractivity contribution in [3.8, 4) is 0 Å². The molecule has 0 aromatic heterocycles. The van der Waals surface area contributed by atoms with E-state index in [0.717, 1.165) is 19.8 Å². The maximum Gasteiger partial charge on any atom is 0.0495 e. The van der Waals surface area contributed by atoms with E-state index in [1.165, 1.54) is 30.4 Å². The number of hydrogen-bond acceptors (Lipinski definition) is 2. The first-order valence-electron chi connectivity index (χ1n) is 8.42. The summed E-state index contributed by atoms with van der Waals surface area (Å²) in [5, 5.41) is 3.72. The first kappa shape index (κ1) is 16.5. The summed E-state index contributed by atoms with van der Waals surface area (Å²) in [5.74, 6) is 0.710. The Hall–Kier alpha value is -0.860. The van der Waals surface area contributed by atoms with E-state index in [9.17, 15) is 0 Å². The van der Waals surface area contributed by atoms with Gasteiger partial charge in [0.05, 0.1) is 0 Å². The molecule has 1 saturated heterocycles. The maximum absolute atomic E-state index is 5.53. The highest BCUT2D eigenvalue weighted by atomic mass is 16.5. The van der Waals surface area contributed by atoms with Crippen molar-refractivity contribution < 1.29 is 4.74 Å². The van der Waals surface area contributed by atoms with Crippen LogP contribution in [0.3, 0.4) is 0 Å². The topological polar surface area (TPSA) is 21.3 Å². The molecule has 1 aliphatic rings. The number of nitrogens with one attached hydrogen (secondary N) is 1. The Bertz CT molecular complexity index is 412. The Morgan fingerprint density at radius 1 is 1.24 bits per heavy atom. The smallest absolute Gasteiger partial charge is 0.0495 e. The van der Waals surface area contributed by atoms with E-state index in [1.54, 1.807) is 0 Å². The predicted molar refractivity (Wildman–Crippen MR) is 89.7 cm³/mol. The first-order valence-corrected chi connectivity index (χ1v) is 8.42. The fourth-order valence-electron chi connectivity index (χ4n) is 2.97. The van der Waals surface area contributed by atoms with Gasteiger partial charge in [0.1, 0.15) is 0 Å². The number of benzene rings is 1. The Kier molecular flexibility index (Phi) is 5.83. The lowest BCUT2D eigenvalue weighted by atomic mass is 9.85.